The molecule has 2 rings (SSSR count). The lowest BCUT2D eigenvalue weighted by Gasteiger charge is -2.31. The Hall–Kier alpha value is -0.450. The summed E-state index contributed by atoms with van der Waals surface area (Å²) in [4.78, 5) is 4.93. The fourth-order valence-electron chi connectivity index (χ4n) is 2.16. The number of hydrogen-bond donors (Lipinski definition) is 2. The van der Waals surface area contributed by atoms with E-state index in [1.807, 2.05) is 0 Å². The topological polar surface area (TPSA) is 59.1 Å². The second kappa shape index (κ2) is 4.38. The monoisotopic (exact) mass is 212 g/mol. The van der Waals surface area contributed by atoms with Gasteiger partial charge in [-0.25, -0.2) is 0 Å². The third-order valence-electron chi connectivity index (χ3n) is 3.02. The molecule has 3 nitrogen and oxygen atoms in total. The summed E-state index contributed by atoms with van der Waals surface area (Å²) in [6.45, 7) is 0. The first-order valence-electron chi connectivity index (χ1n) is 5.11. The lowest BCUT2D eigenvalue weighted by Crippen LogP contribution is -2.36. The van der Waals surface area contributed by atoms with Crippen LogP contribution in [0.15, 0.2) is 11.7 Å². The van der Waals surface area contributed by atoms with Crippen LogP contribution in [0.2, 0.25) is 0 Å². The van der Waals surface area contributed by atoms with Crippen LogP contribution in [-0.4, -0.2) is 16.1 Å². The molecule has 1 aliphatic carbocycles. The molecule has 0 aliphatic heterocycles. The molecule has 1 aromatic heterocycles. The molecule has 14 heavy (non-hydrogen) atoms. The standard InChI is InChI=1S/C10H16N2OS/c11-8-4-2-1-3-7(8)10(13)9-5-12-6-14-9/h5-8,10,13H,1-4,11H2. The number of aliphatic hydroxyl groups is 1. The Morgan fingerprint density at radius 3 is 2.93 bits per heavy atom. The maximum atomic E-state index is 10.1. The zero-order chi connectivity index (χ0) is 9.97. The number of aliphatic hydroxyl groups excluding tert-OH is 1. The Morgan fingerprint density at radius 1 is 1.50 bits per heavy atom. The molecule has 78 valence electrons. The first kappa shape index (κ1) is 10.1. The average molecular weight is 212 g/mol. The summed E-state index contributed by atoms with van der Waals surface area (Å²) in [5, 5.41) is 10.1. The van der Waals surface area contributed by atoms with Gasteiger partial charge in [-0.05, 0) is 12.8 Å². The van der Waals surface area contributed by atoms with Crippen molar-refractivity contribution >= 4 is 11.3 Å². The van der Waals surface area contributed by atoms with Gasteiger partial charge in [0.1, 0.15) is 0 Å². The van der Waals surface area contributed by atoms with Gasteiger partial charge in [0, 0.05) is 18.2 Å². The van der Waals surface area contributed by atoms with E-state index in [1.54, 1.807) is 11.7 Å². The highest BCUT2D eigenvalue weighted by Gasteiger charge is 2.29. The van der Waals surface area contributed by atoms with Crippen LogP contribution in [0, 0.1) is 5.92 Å². The fourth-order valence-corrected chi connectivity index (χ4v) is 2.84. The number of aromatic nitrogens is 1. The Bertz CT molecular complexity index is 276. The van der Waals surface area contributed by atoms with Gasteiger partial charge in [-0.15, -0.1) is 11.3 Å². The number of hydrogen-bond acceptors (Lipinski definition) is 4. The minimum atomic E-state index is -0.405. The molecule has 0 bridgehead atoms. The second-order valence-corrected chi connectivity index (χ2v) is 4.88. The smallest absolute Gasteiger partial charge is 0.0940 e. The van der Waals surface area contributed by atoms with Crippen molar-refractivity contribution in [1.82, 2.24) is 4.98 Å². The molecule has 1 heterocycles. The molecule has 4 heteroatoms. The molecule has 0 spiro atoms. The van der Waals surface area contributed by atoms with E-state index < -0.39 is 6.10 Å². The van der Waals surface area contributed by atoms with Crippen molar-refractivity contribution in [2.24, 2.45) is 11.7 Å². The van der Waals surface area contributed by atoms with Crippen LogP contribution in [0.1, 0.15) is 36.7 Å². The molecule has 0 amide bonds. The van der Waals surface area contributed by atoms with E-state index in [-0.39, 0.29) is 12.0 Å². The molecule has 0 aromatic carbocycles. The summed E-state index contributed by atoms with van der Waals surface area (Å²) in [5.74, 6) is 0.226. The van der Waals surface area contributed by atoms with Crippen LogP contribution in [0.3, 0.4) is 0 Å². The van der Waals surface area contributed by atoms with Crippen LogP contribution in [0.25, 0.3) is 0 Å². The van der Waals surface area contributed by atoms with Crippen LogP contribution in [-0.2, 0) is 0 Å². The number of thiazole rings is 1. The van der Waals surface area contributed by atoms with Crippen molar-refractivity contribution in [3.05, 3.63) is 16.6 Å². The Kier molecular flexibility index (Phi) is 3.15. The molecule has 1 fully saturated rings. The van der Waals surface area contributed by atoms with E-state index in [2.05, 4.69) is 4.98 Å². The SMILES string of the molecule is NC1CCCCC1C(O)c1cncs1. The summed E-state index contributed by atoms with van der Waals surface area (Å²) in [7, 11) is 0. The number of nitrogens with two attached hydrogens (primary N) is 1. The van der Waals surface area contributed by atoms with Crippen LogP contribution in [0.4, 0.5) is 0 Å². The van der Waals surface area contributed by atoms with Gasteiger partial charge < -0.3 is 10.8 Å². The molecule has 1 aromatic rings. The summed E-state index contributed by atoms with van der Waals surface area (Å²) in [6, 6.07) is 0.154. The van der Waals surface area contributed by atoms with E-state index in [9.17, 15) is 5.11 Å². The first-order valence-corrected chi connectivity index (χ1v) is 5.99. The summed E-state index contributed by atoms with van der Waals surface area (Å²) in [6.07, 6.45) is 5.82. The minimum absolute atomic E-state index is 0.154. The molecule has 3 atom stereocenters. The molecular weight excluding hydrogens is 196 g/mol. The zero-order valence-corrected chi connectivity index (χ0v) is 8.91. The van der Waals surface area contributed by atoms with Gasteiger partial charge in [-0.2, -0.15) is 0 Å². The molecule has 0 radical (unpaired) electrons. The number of nitrogens with zero attached hydrogens (tertiary/aromatic N) is 1. The summed E-state index contributed by atoms with van der Waals surface area (Å²) in [5.41, 5.74) is 7.77. The van der Waals surface area contributed by atoms with Crippen molar-refractivity contribution in [3.8, 4) is 0 Å². The summed E-state index contributed by atoms with van der Waals surface area (Å²) < 4.78 is 0. The van der Waals surface area contributed by atoms with Crippen molar-refractivity contribution in [2.75, 3.05) is 0 Å². The van der Waals surface area contributed by atoms with Crippen molar-refractivity contribution in [3.63, 3.8) is 0 Å². The Labute approximate surface area is 88.0 Å². The van der Waals surface area contributed by atoms with Gasteiger partial charge in [0.25, 0.3) is 0 Å². The highest BCUT2D eigenvalue weighted by molar-refractivity contribution is 7.09. The normalized spacial score (nSPS) is 30.1. The first-order chi connectivity index (χ1) is 6.79. The highest BCUT2D eigenvalue weighted by Crippen LogP contribution is 2.34. The van der Waals surface area contributed by atoms with Gasteiger partial charge in [0.05, 0.1) is 16.5 Å². The van der Waals surface area contributed by atoms with Crippen molar-refractivity contribution < 1.29 is 5.11 Å². The predicted octanol–water partition coefficient (Wildman–Crippen LogP) is 1.69. The molecule has 1 saturated carbocycles. The van der Waals surface area contributed by atoms with Crippen molar-refractivity contribution in [1.29, 1.82) is 0 Å². The molecule has 3 unspecified atom stereocenters. The van der Waals surface area contributed by atoms with Crippen LogP contribution >= 0.6 is 11.3 Å². The third-order valence-corrected chi connectivity index (χ3v) is 3.87. The highest BCUT2D eigenvalue weighted by atomic mass is 32.1. The second-order valence-electron chi connectivity index (χ2n) is 3.96. The molecule has 1 aliphatic rings. The van der Waals surface area contributed by atoms with E-state index in [4.69, 9.17) is 5.73 Å². The molecule has 0 saturated heterocycles. The molecular formula is C10H16N2OS. The van der Waals surface area contributed by atoms with E-state index >= 15 is 0 Å². The maximum Gasteiger partial charge on any atom is 0.0940 e. The van der Waals surface area contributed by atoms with Gasteiger partial charge >= 0.3 is 0 Å². The third kappa shape index (κ3) is 1.97. The quantitative estimate of drug-likeness (QED) is 0.784. The van der Waals surface area contributed by atoms with Crippen LogP contribution < -0.4 is 5.73 Å². The largest absolute Gasteiger partial charge is 0.387 e. The maximum absolute atomic E-state index is 10.1. The number of rotatable bonds is 2. The molecule has 3 N–H and O–H groups in total. The van der Waals surface area contributed by atoms with E-state index in [0.717, 1.165) is 17.7 Å². The van der Waals surface area contributed by atoms with E-state index in [1.165, 1.54) is 24.2 Å². The van der Waals surface area contributed by atoms with Crippen LogP contribution in [0.5, 0.6) is 0 Å². The Morgan fingerprint density at radius 2 is 2.29 bits per heavy atom. The minimum Gasteiger partial charge on any atom is -0.387 e. The van der Waals surface area contributed by atoms with E-state index in [0.29, 0.717) is 0 Å². The van der Waals surface area contributed by atoms with Crippen molar-refractivity contribution in [2.45, 2.75) is 37.8 Å². The summed E-state index contributed by atoms with van der Waals surface area (Å²) >= 11 is 1.51. The van der Waals surface area contributed by atoms with Gasteiger partial charge in [-0.3, -0.25) is 4.98 Å². The Balaban J connectivity index is 2.06. The average Bonchev–Trinajstić information content (AvgIpc) is 2.70. The van der Waals surface area contributed by atoms with Gasteiger partial charge in [-0.1, -0.05) is 12.8 Å². The van der Waals surface area contributed by atoms with Gasteiger partial charge in [0.15, 0.2) is 0 Å². The predicted molar refractivity (Wildman–Crippen MR) is 57.0 cm³/mol. The lowest BCUT2D eigenvalue weighted by molar-refractivity contribution is 0.0749. The fraction of sp³-hybridized carbons (Fsp3) is 0.700. The zero-order valence-electron chi connectivity index (χ0n) is 8.10. The van der Waals surface area contributed by atoms with Gasteiger partial charge in [0.2, 0.25) is 0 Å². The lowest BCUT2D eigenvalue weighted by atomic mass is 9.81.